The summed E-state index contributed by atoms with van der Waals surface area (Å²) < 4.78 is 35.5. The molecule has 0 unspecified atom stereocenters. The lowest BCUT2D eigenvalue weighted by molar-refractivity contribution is -0.134. The van der Waals surface area contributed by atoms with Gasteiger partial charge in [-0.25, -0.2) is 22.4 Å². The van der Waals surface area contributed by atoms with E-state index in [2.05, 4.69) is 4.98 Å². The lowest BCUT2D eigenvalue weighted by atomic mass is 10.1. The van der Waals surface area contributed by atoms with Crippen LogP contribution in [0.4, 0.5) is 4.39 Å². The number of halogens is 1. The van der Waals surface area contributed by atoms with Gasteiger partial charge in [0.15, 0.2) is 0 Å². The number of hydrogen-bond acceptors (Lipinski definition) is 5. The van der Waals surface area contributed by atoms with Crippen LogP contribution in [-0.4, -0.2) is 72.6 Å². The third kappa shape index (κ3) is 9.28. The molecule has 28 heavy (non-hydrogen) atoms. The SMILES string of the molecule is CN(CCc1c[nH]c2ccc(F)cc12)CCS(C)(=O)=O.O=C(O)/C=C/C(=O)O. The normalized spacial score (nSPS) is 11.6. The summed E-state index contributed by atoms with van der Waals surface area (Å²) in [5.74, 6) is -2.60. The maximum Gasteiger partial charge on any atom is 0.328 e. The minimum Gasteiger partial charge on any atom is -0.478 e. The van der Waals surface area contributed by atoms with Crippen molar-refractivity contribution in [2.75, 3.05) is 32.1 Å². The van der Waals surface area contributed by atoms with Gasteiger partial charge in [-0.2, -0.15) is 0 Å². The largest absolute Gasteiger partial charge is 0.478 e. The van der Waals surface area contributed by atoms with Gasteiger partial charge in [0.25, 0.3) is 0 Å². The van der Waals surface area contributed by atoms with E-state index in [0.717, 1.165) is 29.4 Å². The number of rotatable bonds is 8. The molecule has 0 spiro atoms. The first-order valence-corrected chi connectivity index (χ1v) is 10.3. The maximum absolute atomic E-state index is 13.3. The molecule has 0 amide bonds. The molecule has 1 heterocycles. The lowest BCUT2D eigenvalue weighted by Gasteiger charge is -2.15. The van der Waals surface area contributed by atoms with E-state index < -0.39 is 21.8 Å². The monoisotopic (exact) mass is 414 g/mol. The quantitative estimate of drug-likeness (QED) is 0.559. The molecular formula is C18H23FN2O6S. The van der Waals surface area contributed by atoms with E-state index in [1.54, 1.807) is 6.07 Å². The summed E-state index contributed by atoms with van der Waals surface area (Å²) in [7, 11) is -1.04. The van der Waals surface area contributed by atoms with Gasteiger partial charge in [-0.3, -0.25) is 0 Å². The number of sulfone groups is 1. The molecule has 0 aliphatic rings. The van der Waals surface area contributed by atoms with Crippen molar-refractivity contribution in [2.45, 2.75) is 6.42 Å². The van der Waals surface area contributed by atoms with Crippen LogP contribution in [0.1, 0.15) is 5.56 Å². The number of carboxylic acid groups (broad SMARTS) is 2. The number of fused-ring (bicyclic) bond motifs is 1. The smallest absolute Gasteiger partial charge is 0.328 e. The van der Waals surface area contributed by atoms with Crippen molar-refractivity contribution in [1.29, 1.82) is 0 Å². The molecule has 8 nitrogen and oxygen atoms in total. The van der Waals surface area contributed by atoms with Crippen LogP contribution in [0.5, 0.6) is 0 Å². The maximum atomic E-state index is 13.3. The number of aromatic nitrogens is 1. The highest BCUT2D eigenvalue weighted by Gasteiger charge is 2.08. The number of likely N-dealkylation sites (N-methyl/N-ethyl adjacent to an activating group) is 1. The molecule has 0 fully saturated rings. The van der Waals surface area contributed by atoms with E-state index in [1.165, 1.54) is 18.4 Å². The van der Waals surface area contributed by atoms with Gasteiger partial charge in [0, 0.05) is 48.6 Å². The first-order valence-electron chi connectivity index (χ1n) is 8.23. The minimum absolute atomic E-state index is 0.159. The molecule has 10 heteroatoms. The first-order chi connectivity index (χ1) is 13.0. The molecule has 2 rings (SSSR count). The number of hydrogen-bond donors (Lipinski definition) is 3. The summed E-state index contributed by atoms with van der Waals surface area (Å²) in [5, 5.41) is 16.5. The summed E-state index contributed by atoms with van der Waals surface area (Å²) in [4.78, 5) is 24.2. The summed E-state index contributed by atoms with van der Waals surface area (Å²) in [5.41, 5.74) is 1.96. The van der Waals surface area contributed by atoms with Crippen LogP contribution in [0, 0.1) is 5.82 Å². The predicted octanol–water partition coefficient (Wildman–Crippen LogP) is 1.54. The third-order valence-corrected chi connectivity index (χ3v) is 4.63. The van der Waals surface area contributed by atoms with Crippen molar-refractivity contribution < 1.29 is 32.6 Å². The zero-order valence-corrected chi connectivity index (χ0v) is 16.4. The predicted molar refractivity (Wildman–Crippen MR) is 104 cm³/mol. The van der Waals surface area contributed by atoms with Crippen LogP contribution in [0.2, 0.25) is 0 Å². The molecule has 154 valence electrons. The molecular weight excluding hydrogens is 391 g/mol. The van der Waals surface area contributed by atoms with Crippen LogP contribution < -0.4 is 0 Å². The van der Waals surface area contributed by atoms with E-state index in [0.29, 0.717) is 18.7 Å². The standard InChI is InChI=1S/C14H19FN2O2S.C4H4O4/c1-17(7-8-20(2,18)19)6-5-11-10-16-14-4-3-12(15)9-13(11)14;5-3(6)1-2-4(7)8/h3-4,9-10,16H,5-8H2,1-2H3;1-2H,(H,5,6)(H,7,8)/b;2-1+. The van der Waals surface area contributed by atoms with E-state index in [-0.39, 0.29) is 11.6 Å². The second-order valence-corrected chi connectivity index (χ2v) is 8.46. The Kier molecular flexibility index (Phi) is 8.80. The second kappa shape index (κ2) is 10.6. The third-order valence-electron chi connectivity index (χ3n) is 3.70. The molecule has 0 bridgehead atoms. The minimum atomic E-state index is -2.93. The van der Waals surface area contributed by atoms with Crippen LogP contribution in [0.25, 0.3) is 10.9 Å². The Balaban J connectivity index is 0.000000416. The highest BCUT2D eigenvalue weighted by atomic mass is 32.2. The van der Waals surface area contributed by atoms with Gasteiger partial charge in [0.05, 0.1) is 5.75 Å². The Morgan fingerprint density at radius 2 is 1.79 bits per heavy atom. The van der Waals surface area contributed by atoms with Crippen molar-refractivity contribution in [3.63, 3.8) is 0 Å². The Hall–Kier alpha value is -2.72. The summed E-state index contributed by atoms with van der Waals surface area (Å²) >= 11 is 0. The van der Waals surface area contributed by atoms with E-state index in [4.69, 9.17) is 10.2 Å². The summed E-state index contributed by atoms with van der Waals surface area (Å²) in [6.07, 6.45) is 4.99. The Labute approximate surface area is 162 Å². The zero-order valence-electron chi connectivity index (χ0n) is 15.6. The summed E-state index contributed by atoms with van der Waals surface area (Å²) in [6, 6.07) is 4.68. The Morgan fingerprint density at radius 1 is 1.18 bits per heavy atom. The van der Waals surface area contributed by atoms with Gasteiger partial charge in [-0.15, -0.1) is 0 Å². The van der Waals surface area contributed by atoms with Gasteiger partial charge in [-0.1, -0.05) is 0 Å². The number of carbonyl (C=O) groups is 2. The van der Waals surface area contributed by atoms with Gasteiger partial charge in [0.2, 0.25) is 0 Å². The van der Waals surface area contributed by atoms with Crippen LogP contribution in [-0.2, 0) is 25.8 Å². The fraction of sp³-hybridized carbons (Fsp3) is 0.333. The number of carboxylic acids is 2. The molecule has 0 atom stereocenters. The molecule has 0 aliphatic heterocycles. The molecule has 0 radical (unpaired) electrons. The van der Waals surface area contributed by atoms with Crippen LogP contribution in [0.15, 0.2) is 36.5 Å². The Bertz CT molecular complexity index is 936. The lowest BCUT2D eigenvalue weighted by Crippen LogP contribution is -2.27. The average molecular weight is 414 g/mol. The molecule has 2 aromatic rings. The van der Waals surface area contributed by atoms with E-state index >= 15 is 0 Å². The van der Waals surface area contributed by atoms with Crippen LogP contribution >= 0.6 is 0 Å². The van der Waals surface area contributed by atoms with Crippen molar-refractivity contribution in [1.82, 2.24) is 9.88 Å². The molecule has 1 aromatic heterocycles. The first kappa shape index (κ1) is 23.3. The highest BCUT2D eigenvalue weighted by Crippen LogP contribution is 2.19. The molecule has 0 aliphatic carbocycles. The van der Waals surface area contributed by atoms with Crippen molar-refractivity contribution in [3.05, 3.63) is 47.9 Å². The number of nitrogens with zero attached hydrogens (tertiary/aromatic N) is 1. The second-order valence-electron chi connectivity index (χ2n) is 6.20. The molecule has 3 N–H and O–H groups in total. The molecule has 0 saturated carbocycles. The topological polar surface area (TPSA) is 128 Å². The Morgan fingerprint density at radius 3 is 2.32 bits per heavy atom. The van der Waals surface area contributed by atoms with Gasteiger partial charge >= 0.3 is 11.9 Å². The average Bonchev–Trinajstić information content (AvgIpc) is 2.98. The van der Waals surface area contributed by atoms with Crippen molar-refractivity contribution in [3.8, 4) is 0 Å². The zero-order chi connectivity index (χ0) is 21.3. The highest BCUT2D eigenvalue weighted by molar-refractivity contribution is 7.90. The van der Waals surface area contributed by atoms with Gasteiger partial charge in [-0.05, 0) is 37.2 Å². The van der Waals surface area contributed by atoms with E-state index in [1.807, 2.05) is 18.1 Å². The summed E-state index contributed by atoms with van der Waals surface area (Å²) in [6.45, 7) is 1.24. The van der Waals surface area contributed by atoms with Gasteiger partial charge < -0.3 is 20.1 Å². The van der Waals surface area contributed by atoms with E-state index in [9.17, 15) is 22.4 Å². The number of nitrogens with one attached hydrogen (secondary N) is 1. The van der Waals surface area contributed by atoms with Crippen molar-refractivity contribution >= 4 is 32.7 Å². The fourth-order valence-electron chi connectivity index (χ4n) is 2.24. The molecule has 1 aromatic carbocycles. The number of H-pyrrole nitrogens is 1. The number of aliphatic carboxylic acids is 2. The molecule has 0 saturated heterocycles. The number of benzene rings is 1. The number of aromatic amines is 1. The van der Waals surface area contributed by atoms with Crippen LogP contribution in [0.3, 0.4) is 0 Å². The van der Waals surface area contributed by atoms with Gasteiger partial charge in [0.1, 0.15) is 15.7 Å². The fourth-order valence-corrected chi connectivity index (χ4v) is 2.89. The van der Waals surface area contributed by atoms with Crippen molar-refractivity contribution in [2.24, 2.45) is 0 Å².